The van der Waals surface area contributed by atoms with Crippen LogP contribution in [-0.2, 0) is 38.1 Å². The molecule has 0 amide bonds. The van der Waals surface area contributed by atoms with Crippen LogP contribution < -0.4 is 0 Å². The molecule has 0 aliphatic carbocycles. The summed E-state index contributed by atoms with van der Waals surface area (Å²) >= 11 is 0. The molecule has 15 heteroatoms. The monoisotopic (exact) mass is 474 g/mol. The summed E-state index contributed by atoms with van der Waals surface area (Å²) in [5.41, 5.74) is 0. The van der Waals surface area contributed by atoms with Crippen molar-refractivity contribution in [2.24, 2.45) is 0 Å². The van der Waals surface area contributed by atoms with Crippen LogP contribution in [-0.4, -0.2) is 112 Å². The minimum Gasteiger partial charge on any atom is -0.464 e. The highest BCUT2D eigenvalue weighted by molar-refractivity contribution is 5.85. The molecule has 4 atom stereocenters. The van der Waals surface area contributed by atoms with Crippen molar-refractivity contribution < 1.29 is 73.6 Å². The number of hydrogen-bond donors (Lipinski definition) is 6. The molecular formula is C17H30O15. The largest absolute Gasteiger partial charge is 0.503 e. The van der Waals surface area contributed by atoms with Crippen LogP contribution in [0.2, 0.25) is 0 Å². The highest BCUT2D eigenvalue weighted by Crippen LogP contribution is 2.00. The average molecular weight is 474 g/mol. The van der Waals surface area contributed by atoms with E-state index in [-0.39, 0.29) is 26.4 Å². The van der Waals surface area contributed by atoms with Crippen molar-refractivity contribution in [1.82, 2.24) is 0 Å². The molecule has 0 radical (unpaired) electrons. The van der Waals surface area contributed by atoms with Gasteiger partial charge in [-0.1, -0.05) is 0 Å². The lowest BCUT2D eigenvalue weighted by Gasteiger charge is -2.14. The maximum Gasteiger partial charge on any atom is 0.503 e. The summed E-state index contributed by atoms with van der Waals surface area (Å²) in [6.07, 6.45) is -9.41. The second-order valence-corrected chi connectivity index (χ2v) is 5.07. The van der Waals surface area contributed by atoms with Crippen molar-refractivity contribution in [2.75, 3.05) is 26.4 Å². The zero-order valence-corrected chi connectivity index (χ0v) is 18.0. The van der Waals surface area contributed by atoms with Gasteiger partial charge in [0.2, 0.25) is 0 Å². The first-order valence-corrected chi connectivity index (χ1v) is 9.12. The number of aliphatic hydroxyl groups excluding tert-OH is 4. The number of hydrogen-bond acceptors (Lipinski definition) is 13. The predicted molar refractivity (Wildman–Crippen MR) is 101 cm³/mol. The van der Waals surface area contributed by atoms with Crippen LogP contribution in [0.1, 0.15) is 27.7 Å². The van der Waals surface area contributed by atoms with Gasteiger partial charge < -0.3 is 49.6 Å². The third kappa shape index (κ3) is 16.8. The summed E-state index contributed by atoms with van der Waals surface area (Å²) in [6, 6.07) is 0. The molecule has 0 aromatic carbocycles. The van der Waals surface area contributed by atoms with Crippen molar-refractivity contribution in [1.29, 1.82) is 0 Å². The van der Waals surface area contributed by atoms with E-state index < -0.39 is 54.4 Å². The van der Waals surface area contributed by atoms with Crippen molar-refractivity contribution in [3.05, 3.63) is 0 Å². The summed E-state index contributed by atoms with van der Waals surface area (Å²) in [6.45, 7) is 6.42. The first-order valence-electron chi connectivity index (χ1n) is 9.12. The lowest BCUT2D eigenvalue weighted by atomic mass is 10.2. The van der Waals surface area contributed by atoms with Crippen LogP contribution in [0.5, 0.6) is 0 Å². The third-order valence-corrected chi connectivity index (χ3v) is 2.71. The van der Waals surface area contributed by atoms with Gasteiger partial charge in [-0.25, -0.2) is 24.0 Å². The van der Waals surface area contributed by atoms with E-state index in [1.54, 1.807) is 27.7 Å². The highest BCUT2D eigenvalue weighted by atomic mass is 16.6. The molecule has 0 aliphatic rings. The van der Waals surface area contributed by atoms with Gasteiger partial charge in [-0.05, 0) is 27.7 Å². The number of carboxylic acid groups (broad SMARTS) is 2. The number of carbonyl (C=O) groups is 5. The van der Waals surface area contributed by atoms with Crippen LogP contribution in [0.3, 0.4) is 0 Å². The van der Waals surface area contributed by atoms with Crippen molar-refractivity contribution in [3.63, 3.8) is 0 Å². The Labute approximate surface area is 183 Å². The van der Waals surface area contributed by atoms with E-state index in [9.17, 15) is 19.2 Å². The van der Waals surface area contributed by atoms with E-state index in [1.165, 1.54) is 0 Å². The predicted octanol–water partition coefficient (Wildman–Crippen LogP) is -2.11. The summed E-state index contributed by atoms with van der Waals surface area (Å²) < 4.78 is 17.6. The minimum absolute atomic E-state index is 0.0610. The Morgan fingerprint density at radius 2 is 0.625 bits per heavy atom. The maximum atomic E-state index is 10.9. The number of rotatable bonds is 10. The zero-order chi connectivity index (χ0) is 25.9. The average Bonchev–Trinajstić information content (AvgIpc) is 2.72. The molecule has 188 valence electrons. The van der Waals surface area contributed by atoms with Crippen molar-refractivity contribution >= 4 is 30.0 Å². The van der Waals surface area contributed by atoms with Gasteiger partial charge in [0.1, 0.15) is 0 Å². The van der Waals surface area contributed by atoms with Crippen molar-refractivity contribution in [3.8, 4) is 0 Å². The Morgan fingerprint density at radius 3 is 0.719 bits per heavy atom. The summed E-state index contributed by atoms with van der Waals surface area (Å²) in [5.74, 6) is -4.19. The summed E-state index contributed by atoms with van der Waals surface area (Å²) in [7, 11) is 0. The Bertz CT molecular complexity index is 484. The lowest BCUT2D eigenvalue weighted by molar-refractivity contribution is -0.172. The molecule has 0 aromatic rings. The van der Waals surface area contributed by atoms with E-state index in [2.05, 4.69) is 18.9 Å². The van der Waals surface area contributed by atoms with Gasteiger partial charge >= 0.3 is 30.0 Å². The minimum atomic E-state index is -1.89. The Morgan fingerprint density at radius 1 is 0.500 bits per heavy atom. The van der Waals surface area contributed by atoms with Crippen LogP contribution in [0.4, 0.5) is 4.79 Å². The smallest absolute Gasteiger partial charge is 0.464 e. The molecular weight excluding hydrogens is 444 g/mol. The van der Waals surface area contributed by atoms with E-state index in [1.807, 2.05) is 0 Å². The zero-order valence-electron chi connectivity index (χ0n) is 18.0. The molecule has 0 heterocycles. The molecule has 0 saturated carbocycles. The van der Waals surface area contributed by atoms with Gasteiger partial charge in [0.05, 0.1) is 26.4 Å². The molecule has 0 spiro atoms. The van der Waals surface area contributed by atoms with Gasteiger partial charge in [-0.3, -0.25) is 0 Å². The molecule has 32 heavy (non-hydrogen) atoms. The second kappa shape index (κ2) is 19.9. The summed E-state index contributed by atoms with van der Waals surface area (Å²) in [5, 5.41) is 50.3. The molecule has 0 rings (SSSR count). The molecule has 0 bridgehead atoms. The SMILES string of the molecule is CCOC(=O)C(O)C(O)C(=O)OCC.CCOC(=O)C(O)C(O)C(=O)OCC.O=C(O)O. The van der Waals surface area contributed by atoms with Crippen molar-refractivity contribution in [2.45, 2.75) is 52.1 Å². The molecule has 0 fully saturated rings. The van der Waals surface area contributed by atoms with Gasteiger partial charge in [-0.2, -0.15) is 0 Å². The first-order chi connectivity index (χ1) is 14.8. The number of ether oxygens (including phenoxy) is 4. The first kappa shape index (κ1) is 33.6. The second-order valence-electron chi connectivity index (χ2n) is 5.07. The van der Waals surface area contributed by atoms with Crippen LogP contribution in [0, 0.1) is 0 Å². The van der Waals surface area contributed by atoms with Crippen LogP contribution in [0.25, 0.3) is 0 Å². The fraction of sp³-hybridized carbons (Fsp3) is 0.706. The van der Waals surface area contributed by atoms with Gasteiger partial charge in [0, 0.05) is 0 Å². The molecule has 6 N–H and O–H groups in total. The quantitative estimate of drug-likeness (QED) is 0.146. The molecule has 4 unspecified atom stereocenters. The van der Waals surface area contributed by atoms with Crippen LogP contribution >= 0.6 is 0 Å². The lowest BCUT2D eigenvalue weighted by Crippen LogP contribution is -2.41. The third-order valence-electron chi connectivity index (χ3n) is 2.71. The number of carbonyl (C=O) groups excluding carboxylic acids is 4. The fourth-order valence-corrected chi connectivity index (χ4v) is 1.43. The van der Waals surface area contributed by atoms with E-state index in [0.29, 0.717) is 0 Å². The standard InChI is InChI=1S/2C8H14O6.CH2O3/c2*1-3-13-7(11)5(9)6(10)8(12)14-4-2;2-1(3)4/h2*5-6,9-10H,3-4H2,1-2H3;(H2,2,3,4). The number of esters is 4. The number of aliphatic hydroxyl groups is 4. The van der Waals surface area contributed by atoms with E-state index in [4.69, 9.17) is 35.4 Å². The Balaban J connectivity index is -0.000000450. The van der Waals surface area contributed by atoms with Gasteiger partial charge in [0.25, 0.3) is 0 Å². The Hall–Kier alpha value is -3.01. The topological polar surface area (TPSA) is 244 Å². The molecule has 0 saturated heterocycles. The van der Waals surface area contributed by atoms with Crippen LogP contribution in [0.15, 0.2) is 0 Å². The van der Waals surface area contributed by atoms with E-state index in [0.717, 1.165) is 0 Å². The maximum absolute atomic E-state index is 10.9. The molecule has 0 aliphatic heterocycles. The van der Waals surface area contributed by atoms with Gasteiger partial charge in [-0.15, -0.1) is 0 Å². The summed E-state index contributed by atoms with van der Waals surface area (Å²) in [4.78, 5) is 52.0. The fourth-order valence-electron chi connectivity index (χ4n) is 1.43. The van der Waals surface area contributed by atoms with E-state index >= 15 is 0 Å². The van der Waals surface area contributed by atoms with Gasteiger partial charge in [0.15, 0.2) is 24.4 Å². The highest BCUT2D eigenvalue weighted by Gasteiger charge is 2.33. The normalized spacial score (nSPS) is 13.2. The Kier molecular flexibility index (Phi) is 20.9. The molecule has 0 aromatic heterocycles. The molecule has 15 nitrogen and oxygen atoms in total.